The first-order chi connectivity index (χ1) is 6.58. The predicted molar refractivity (Wildman–Crippen MR) is 42.2 cm³/mol. The highest BCUT2D eigenvalue weighted by Crippen LogP contribution is 2.18. The van der Waals surface area contributed by atoms with E-state index in [1.165, 1.54) is 19.2 Å². The first kappa shape index (κ1) is 10.4. The third-order valence-electron chi connectivity index (χ3n) is 1.18. The monoisotopic (exact) mass is 203 g/mol. The molecular weight excluding hydrogens is 196 g/mol. The van der Waals surface area contributed by atoms with Gasteiger partial charge >= 0.3 is 12.6 Å². The van der Waals surface area contributed by atoms with Gasteiger partial charge in [-0.3, -0.25) is 4.79 Å². The van der Waals surface area contributed by atoms with Gasteiger partial charge in [-0.05, 0) is 6.07 Å². The molecule has 0 bridgehead atoms. The predicted octanol–water partition coefficient (Wildman–Crippen LogP) is 1.61. The highest BCUT2D eigenvalue weighted by Gasteiger charge is 2.06. The zero-order chi connectivity index (χ0) is 10.6. The minimum Gasteiger partial charge on any atom is -0.435 e. The Hall–Kier alpha value is -1.72. The molecule has 0 fully saturated rings. The van der Waals surface area contributed by atoms with Crippen molar-refractivity contribution >= 4 is 5.97 Å². The molecule has 1 heterocycles. The summed E-state index contributed by atoms with van der Waals surface area (Å²) in [5.74, 6) is -0.756. The van der Waals surface area contributed by atoms with Crippen molar-refractivity contribution in [3.8, 4) is 11.6 Å². The molecule has 0 radical (unpaired) electrons. The molecule has 76 valence electrons. The second-order valence-electron chi connectivity index (χ2n) is 2.30. The molecule has 0 aliphatic heterocycles. The largest absolute Gasteiger partial charge is 0.435 e. The van der Waals surface area contributed by atoms with Crippen molar-refractivity contribution in [2.24, 2.45) is 0 Å². The van der Waals surface area contributed by atoms with Gasteiger partial charge in [0, 0.05) is 19.2 Å². The van der Waals surface area contributed by atoms with Gasteiger partial charge in [0.2, 0.25) is 5.88 Å². The minimum absolute atomic E-state index is 0.0735. The fraction of sp³-hybridized carbons (Fsp3) is 0.250. The molecule has 0 saturated heterocycles. The smallest absolute Gasteiger partial charge is 0.387 e. The van der Waals surface area contributed by atoms with Crippen molar-refractivity contribution in [1.82, 2.24) is 4.98 Å². The van der Waals surface area contributed by atoms with Crippen molar-refractivity contribution in [2.45, 2.75) is 13.5 Å². The molecule has 1 aromatic rings. The summed E-state index contributed by atoms with van der Waals surface area (Å²) in [6.07, 6.45) is 1.20. The van der Waals surface area contributed by atoms with Crippen molar-refractivity contribution < 1.29 is 23.0 Å². The molecule has 4 nitrogen and oxygen atoms in total. The average Bonchev–Trinajstić information content (AvgIpc) is 2.01. The lowest BCUT2D eigenvalue weighted by Gasteiger charge is -2.05. The quantitative estimate of drug-likeness (QED) is 0.700. The molecule has 0 aliphatic rings. The SMILES string of the molecule is CC(=O)Oc1cc(OC(F)F)ccn1. The van der Waals surface area contributed by atoms with Crippen molar-refractivity contribution in [3.63, 3.8) is 0 Å². The van der Waals surface area contributed by atoms with E-state index in [4.69, 9.17) is 0 Å². The molecule has 0 amide bonds. The average molecular weight is 203 g/mol. The zero-order valence-corrected chi connectivity index (χ0v) is 7.24. The lowest BCUT2D eigenvalue weighted by atomic mass is 10.4. The zero-order valence-electron chi connectivity index (χ0n) is 7.24. The second-order valence-corrected chi connectivity index (χ2v) is 2.30. The Labute approximate surface area is 78.5 Å². The Morgan fingerprint density at radius 3 is 2.86 bits per heavy atom. The van der Waals surface area contributed by atoms with E-state index in [0.717, 1.165) is 6.07 Å². The summed E-state index contributed by atoms with van der Waals surface area (Å²) in [4.78, 5) is 14.1. The molecule has 14 heavy (non-hydrogen) atoms. The van der Waals surface area contributed by atoms with E-state index in [1.807, 2.05) is 0 Å². The van der Waals surface area contributed by atoms with E-state index >= 15 is 0 Å². The second kappa shape index (κ2) is 4.50. The van der Waals surface area contributed by atoms with E-state index in [-0.39, 0.29) is 11.6 Å². The van der Waals surface area contributed by atoms with Gasteiger partial charge in [-0.1, -0.05) is 0 Å². The third-order valence-corrected chi connectivity index (χ3v) is 1.18. The van der Waals surface area contributed by atoms with E-state index < -0.39 is 12.6 Å². The van der Waals surface area contributed by atoms with Gasteiger partial charge in [-0.25, -0.2) is 4.98 Å². The Bertz CT molecular complexity index is 330. The molecule has 0 atom stereocenters. The topological polar surface area (TPSA) is 48.4 Å². The minimum atomic E-state index is -2.91. The summed E-state index contributed by atoms with van der Waals surface area (Å²) in [5, 5.41) is 0. The Morgan fingerprint density at radius 1 is 1.57 bits per heavy atom. The summed E-state index contributed by atoms with van der Waals surface area (Å²) in [6.45, 7) is -1.73. The lowest BCUT2D eigenvalue weighted by molar-refractivity contribution is -0.132. The Balaban J connectivity index is 2.73. The maximum Gasteiger partial charge on any atom is 0.387 e. The van der Waals surface area contributed by atoms with Crippen molar-refractivity contribution in [2.75, 3.05) is 0 Å². The number of halogens is 2. The van der Waals surface area contributed by atoms with Gasteiger partial charge in [-0.2, -0.15) is 8.78 Å². The molecule has 0 spiro atoms. The molecule has 0 saturated carbocycles. The first-order valence-electron chi connectivity index (χ1n) is 3.67. The highest BCUT2D eigenvalue weighted by atomic mass is 19.3. The maximum absolute atomic E-state index is 11.8. The number of aromatic nitrogens is 1. The standard InChI is InChI=1S/C8H7F2NO3/c1-5(12)13-7-4-6(2-3-11-7)14-8(9)10/h2-4,8H,1H3. The summed E-state index contributed by atoms with van der Waals surface area (Å²) in [5.41, 5.74) is 0. The van der Waals surface area contributed by atoms with Gasteiger partial charge in [0.15, 0.2) is 0 Å². The van der Waals surface area contributed by atoms with Crippen LogP contribution < -0.4 is 9.47 Å². The number of pyridine rings is 1. The summed E-state index contributed by atoms with van der Waals surface area (Å²) in [6, 6.07) is 2.34. The molecule has 6 heteroatoms. The molecule has 0 unspecified atom stereocenters. The third kappa shape index (κ3) is 3.34. The summed E-state index contributed by atoms with van der Waals surface area (Å²) >= 11 is 0. The number of esters is 1. The van der Waals surface area contributed by atoms with Gasteiger partial charge in [-0.15, -0.1) is 0 Å². The number of alkyl halides is 2. The van der Waals surface area contributed by atoms with Crippen LogP contribution in [0.25, 0.3) is 0 Å². The Kier molecular flexibility index (Phi) is 3.33. The summed E-state index contributed by atoms with van der Waals surface area (Å²) in [7, 11) is 0. The van der Waals surface area contributed by atoms with Crippen LogP contribution in [0.15, 0.2) is 18.3 Å². The van der Waals surface area contributed by atoms with Crippen LogP contribution in [0.5, 0.6) is 11.6 Å². The van der Waals surface area contributed by atoms with Crippen LogP contribution in [0.1, 0.15) is 6.92 Å². The van der Waals surface area contributed by atoms with Gasteiger partial charge < -0.3 is 9.47 Å². The number of hydrogen-bond acceptors (Lipinski definition) is 4. The van der Waals surface area contributed by atoms with E-state index in [2.05, 4.69) is 14.5 Å². The van der Waals surface area contributed by atoms with Crippen LogP contribution in [-0.2, 0) is 4.79 Å². The fourth-order valence-corrected chi connectivity index (χ4v) is 0.771. The number of rotatable bonds is 3. The first-order valence-corrected chi connectivity index (χ1v) is 3.67. The molecule has 1 rings (SSSR count). The van der Waals surface area contributed by atoms with Crippen LogP contribution in [0, 0.1) is 0 Å². The highest BCUT2D eigenvalue weighted by molar-refractivity contribution is 5.68. The van der Waals surface area contributed by atoms with Crippen molar-refractivity contribution in [1.29, 1.82) is 0 Å². The number of carbonyl (C=O) groups is 1. The number of nitrogens with zero attached hydrogens (tertiary/aromatic N) is 1. The van der Waals surface area contributed by atoms with Crippen molar-refractivity contribution in [3.05, 3.63) is 18.3 Å². The lowest BCUT2D eigenvalue weighted by Crippen LogP contribution is -2.05. The van der Waals surface area contributed by atoms with Gasteiger partial charge in [0.25, 0.3) is 0 Å². The summed E-state index contributed by atoms with van der Waals surface area (Å²) < 4.78 is 32.2. The molecule has 0 aliphatic carbocycles. The van der Waals surface area contributed by atoms with E-state index in [1.54, 1.807) is 0 Å². The van der Waals surface area contributed by atoms with Crippen LogP contribution in [0.4, 0.5) is 8.78 Å². The number of hydrogen-bond donors (Lipinski definition) is 0. The van der Waals surface area contributed by atoms with Gasteiger partial charge in [0.1, 0.15) is 5.75 Å². The Morgan fingerprint density at radius 2 is 2.29 bits per heavy atom. The molecule has 1 aromatic heterocycles. The molecule has 0 aromatic carbocycles. The van der Waals surface area contributed by atoms with E-state index in [9.17, 15) is 13.6 Å². The number of ether oxygens (including phenoxy) is 2. The van der Waals surface area contributed by atoms with Crippen LogP contribution in [-0.4, -0.2) is 17.6 Å². The molecule has 0 N–H and O–H groups in total. The number of carbonyl (C=O) groups excluding carboxylic acids is 1. The molecular formula is C8H7F2NO3. The van der Waals surface area contributed by atoms with E-state index in [0.29, 0.717) is 0 Å². The fourth-order valence-electron chi connectivity index (χ4n) is 0.771. The normalized spacial score (nSPS) is 10.0. The van der Waals surface area contributed by atoms with Crippen LogP contribution >= 0.6 is 0 Å². The van der Waals surface area contributed by atoms with Gasteiger partial charge in [0.05, 0.1) is 0 Å². The van der Waals surface area contributed by atoms with Crippen LogP contribution in [0.2, 0.25) is 0 Å². The maximum atomic E-state index is 11.8. The van der Waals surface area contributed by atoms with Crippen LogP contribution in [0.3, 0.4) is 0 Å².